The maximum absolute atomic E-state index is 14.9. The van der Waals surface area contributed by atoms with Crippen LogP contribution in [0.1, 0.15) is 24.2 Å². The summed E-state index contributed by atoms with van der Waals surface area (Å²) in [6.45, 7) is -2.37. The normalized spacial score (nSPS) is 20.5. The molecular weight excluding hydrogens is 538 g/mol. The second kappa shape index (κ2) is 10.4. The standard InChI is InChI=1S/C24H20F6N4O3S/c25-12-23(27)10-20(34(13-23)38(36,37)18-5-2-16(26)3-6-18)21(35)7-4-17-9-19(33-14-32-17)15-1-8-22(31-11-15)24(28,29)30/h1-3,5-6,8-9,11,14,20H,4,7,10,12-13H2/t20-,23?/m0/s1. The number of carbonyl (C=O) groups is 1. The van der Waals surface area contributed by atoms with Gasteiger partial charge in [0.05, 0.1) is 23.2 Å². The van der Waals surface area contributed by atoms with Crippen molar-refractivity contribution in [2.45, 2.75) is 42.0 Å². The highest BCUT2D eigenvalue weighted by molar-refractivity contribution is 7.89. The number of benzene rings is 1. The van der Waals surface area contributed by atoms with Gasteiger partial charge in [-0.15, -0.1) is 0 Å². The Kier molecular flexibility index (Phi) is 7.57. The van der Waals surface area contributed by atoms with Crippen LogP contribution in [0, 0.1) is 5.82 Å². The maximum Gasteiger partial charge on any atom is 0.433 e. The number of ketones is 1. The van der Waals surface area contributed by atoms with Crippen LogP contribution in [-0.4, -0.2) is 58.4 Å². The van der Waals surface area contributed by atoms with E-state index in [0.29, 0.717) is 10.00 Å². The van der Waals surface area contributed by atoms with Crippen LogP contribution < -0.4 is 0 Å². The molecule has 2 aromatic heterocycles. The first-order chi connectivity index (χ1) is 17.8. The highest BCUT2D eigenvalue weighted by atomic mass is 32.2. The van der Waals surface area contributed by atoms with Gasteiger partial charge in [0.1, 0.15) is 24.5 Å². The van der Waals surface area contributed by atoms with Gasteiger partial charge >= 0.3 is 6.18 Å². The van der Waals surface area contributed by atoms with E-state index in [4.69, 9.17) is 0 Å². The summed E-state index contributed by atoms with van der Waals surface area (Å²) >= 11 is 0. The first-order valence-corrected chi connectivity index (χ1v) is 12.7. The van der Waals surface area contributed by atoms with E-state index in [9.17, 15) is 39.6 Å². The molecule has 1 aromatic carbocycles. The maximum atomic E-state index is 14.9. The number of halogens is 6. The van der Waals surface area contributed by atoms with Gasteiger partial charge in [-0.2, -0.15) is 17.5 Å². The second-order valence-electron chi connectivity index (χ2n) is 8.80. The van der Waals surface area contributed by atoms with Crippen LogP contribution in [-0.2, 0) is 27.4 Å². The van der Waals surface area contributed by atoms with Crippen molar-refractivity contribution in [2.24, 2.45) is 0 Å². The minimum atomic E-state index is -4.60. The number of nitrogens with zero attached hydrogens (tertiary/aromatic N) is 4. The number of hydrogen-bond acceptors (Lipinski definition) is 6. The van der Waals surface area contributed by atoms with Gasteiger partial charge in [0.15, 0.2) is 11.5 Å². The molecule has 4 rings (SSSR count). The van der Waals surface area contributed by atoms with E-state index in [-0.39, 0.29) is 29.0 Å². The summed E-state index contributed by atoms with van der Waals surface area (Å²) in [4.78, 5) is 24.1. The molecule has 7 nitrogen and oxygen atoms in total. The van der Waals surface area contributed by atoms with Crippen molar-refractivity contribution in [3.63, 3.8) is 0 Å². The zero-order valence-electron chi connectivity index (χ0n) is 19.5. The molecule has 3 aromatic rings. The van der Waals surface area contributed by atoms with Crippen LogP contribution in [0.3, 0.4) is 0 Å². The lowest BCUT2D eigenvalue weighted by Crippen LogP contribution is -2.41. The summed E-state index contributed by atoms with van der Waals surface area (Å²) in [6, 6.07) is 5.66. The average molecular weight is 559 g/mol. The van der Waals surface area contributed by atoms with E-state index in [0.717, 1.165) is 42.9 Å². The lowest BCUT2D eigenvalue weighted by Gasteiger charge is -2.23. The fraction of sp³-hybridized carbons (Fsp3) is 0.333. The summed E-state index contributed by atoms with van der Waals surface area (Å²) in [5.74, 6) is -1.38. The number of pyridine rings is 1. The van der Waals surface area contributed by atoms with E-state index >= 15 is 0 Å². The largest absolute Gasteiger partial charge is 0.433 e. The fourth-order valence-electron chi connectivity index (χ4n) is 4.09. The van der Waals surface area contributed by atoms with Gasteiger partial charge in [-0.3, -0.25) is 9.78 Å². The highest BCUT2D eigenvalue weighted by Crippen LogP contribution is 2.36. The van der Waals surface area contributed by atoms with Gasteiger partial charge in [0.2, 0.25) is 10.0 Å². The Morgan fingerprint density at radius 3 is 2.39 bits per heavy atom. The van der Waals surface area contributed by atoms with Gasteiger partial charge in [-0.05, 0) is 48.9 Å². The molecule has 2 atom stereocenters. The molecule has 1 fully saturated rings. The number of aryl methyl sites for hydroxylation is 1. The van der Waals surface area contributed by atoms with Crippen molar-refractivity contribution < 1.29 is 39.6 Å². The van der Waals surface area contributed by atoms with Crippen molar-refractivity contribution in [1.82, 2.24) is 19.3 Å². The molecule has 0 saturated carbocycles. The van der Waals surface area contributed by atoms with Crippen LogP contribution in [0.2, 0.25) is 0 Å². The summed E-state index contributed by atoms with van der Waals surface area (Å²) < 4.78 is 107. The average Bonchev–Trinajstić information content (AvgIpc) is 3.26. The predicted octanol–water partition coefficient (Wildman–Crippen LogP) is 4.34. The Balaban J connectivity index is 1.51. The van der Waals surface area contributed by atoms with E-state index < -0.39 is 64.8 Å². The molecule has 0 bridgehead atoms. The van der Waals surface area contributed by atoms with Crippen LogP contribution in [0.15, 0.2) is 59.9 Å². The Bertz CT molecular complexity index is 1420. The Hall–Kier alpha value is -3.39. The summed E-state index contributed by atoms with van der Waals surface area (Å²) in [7, 11) is -4.44. The SMILES string of the molecule is O=C(CCc1cc(-c2ccc(C(F)(F)F)nc2)ncn1)[C@@H]1CC(F)(CF)CN1S(=O)(=O)c1ccc(F)cc1. The molecule has 1 aliphatic rings. The molecule has 14 heteroatoms. The van der Waals surface area contributed by atoms with E-state index in [1.807, 2.05) is 0 Å². The van der Waals surface area contributed by atoms with E-state index in [2.05, 4.69) is 15.0 Å². The number of hydrogen-bond donors (Lipinski definition) is 0. The zero-order valence-corrected chi connectivity index (χ0v) is 20.3. The first-order valence-electron chi connectivity index (χ1n) is 11.2. The monoisotopic (exact) mass is 558 g/mol. The molecular formula is C24H20F6N4O3S. The minimum Gasteiger partial charge on any atom is -0.298 e. The fourth-order valence-corrected chi connectivity index (χ4v) is 5.77. The Morgan fingerprint density at radius 1 is 1.08 bits per heavy atom. The van der Waals surface area contributed by atoms with Gasteiger partial charge in [-0.25, -0.2) is 31.6 Å². The second-order valence-corrected chi connectivity index (χ2v) is 10.7. The van der Waals surface area contributed by atoms with Crippen molar-refractivity contribution in [3.8, 4) is 11.3 Å². The topological polar surface area (TPSA) is 93.1 Å². The van der Waals surface area contributed by atoms with Gasteiger partial charge in [-0.1, -0.05) is 0 Å². The van der Waals surface area contributed by atoms with Gasteiger partial charge in [0.25, 0.3) is 0 Å². The molecule has 0 aliphatic carbocycles. The van der Waals surface area contributed by atoms with Crippen molar-refractivity contribution in [3.05, 3.63) is 72.2 Å². The third kappa shape index (κ3) is 5.85. The van der Waals surface area contributed by atoms with Crippen LogP contribution in [0.25, 0.3) is 11.3 Å². The van der Waals surface area contributed by atoms with Crippen LogP contribution >= 0.6 is 0 Å². The quantitative estimate of drug-likeness (QED) is 0.382. The molecule has 0 spiro atoms. The molecule has 3 heterocycles. The predicted molar refractivity (Wildman–Crippen MR) is 122 cm³/mol. The van der Waals surface area contributed by atoms with E-state index in [1.165, 1.54) is 12.1 Å². The molecule has 0 radical (unpaired) electrons. The van der Waals surface area contributed by atoms with Crippen LogP contribution in [0.4, 0.5) is 26.3 Å². The molecule has 1 unspecified atom stereocenters. The lowest BCUT2D eigenvalue weighted by atomic mass is 9.99. The number of rotatable bonds is 8. The smallest absolute Gasteiger partial charge is 0.298 e. The Labute approximate surface area is 213 Å². The zero-order chi connectivity index (χ0) is 27.7. The van der Waals surface area contributed by atoms with Gasteiger partial charge in [0, 0.05) is 30.3 Å². The molecule has 1 aliphatic heterocycles. The molecule has 0 N–H and O–H groups in total. The van der Waals surface area contributed by atoms with Gasteiger partial charge < -0.3 is 0 Å². The summed E-state index contributed by atoms with van der Waals surface area (Å²) in [5, 5.41) is 0. The number of sulfonamides is 1. The Morgan fingerprint density at radius 2 is 1.79 bits per heavy atom. The summed E-state index contributed by atoms with van der Waals surface area (Å²) in [6.07, 6.45) is -3.47. The van der Waals surface area contributed by atoms with Crippen molar-refractivity contribution in [2.75, 3.05) is 13.2 Å². The van der Waals surface area contributed by atoms with E-state index in [1.54, 1.807) is 0 Å². The summed E-state index contributed by atoms with van der Waals surface area (Å²) in [5.41, 5.74) is -2.82. The van der Waals surface area contributed by atoms with Crippen molar-refractivity contribution in [1.29, 1.82) is 0 Å². The first kappa shape index (κ1) is 27.6. The number of Topliss-reactive ketones (excluding diaryl/α,β-unsaturated/α-hetero) is 1. The number of aromatic nitrogens is 3. The number of carbonyl (C=O) groups excluding carboxylic acids is 1. The highest BCUT2D eigenvalue weighted by Gasteiger charge is 2.52. The third-order valence-corrected chi connectivity index (χ3v) is 7.95. The number of alkyl halides is 5. The molecule has 38 heavy (non-hydrogen) atoms. The third-order valence-electron chi connectivity index (χ3n) is 6.08. The lowest BCUT2D eigenvalue weighted by molar-refractivity contribution is -0.141. The molecule has 202 valence electrons. The minimum absolute atomic E-state index is 0.0295. The van der Waals surface area contributed by atoms with Crippen LogP contribution in [0.5, 0.6) is 0 Å². The molecule has 1 saturated heterocycles. The van der Waals surface area contributed by atoms with Crippen molar-refractivity contribution >= 4 is 15.8 Å². The molecule has 0 amide bonds.